The number of hydrogen-bond acceptors (Lipinski definition) is 3. The summed E-state index contributed by atoms with van der Waals surface area (Å²) < 4.78 is 5.65. The minimum Gasteiger partial charge on any atom is -0.465 e. The molecule has 4 heteroatoms. The summed E-state index contributed by atoms with van der Waals surface area (Å²) in [4.78, 5) is 14.1. The molecule has 0 unspecified atom stereocenters. The summed E-state index contributed by atoms with van der Waals surface area (Å²) in [6.45, 7) is 4.88. The van der Waals surface area contributed by atoms with Crippen LogP contribution in [-0.2, 0) is 11.3 Å². The van der Waals surface area contributed by atoms with Crippen LogP contribution in [0.15, 0.2) is 16.5 Å². The maximum atomic E-state index is 11.7. The van der Waals surface area contributed by atoms with Crippen molar-refractivity contribution in [2.75, 3.05) is 13.1 Å². The van der Waals surface area contributed by atoms with E-state index in [1.165, 1.54) is 0 Å². The number of aryl methyl sites for hydroxylation is 1. The minimum atomic E-state index is 0.0230. The largest absolute Gasteiger partial charge is 0.465 e. The monoisotopic (exact) mass is 262 g/mol. The highest BCUT2D eigenvalue weighted by Crippen LogP contribution is 2.30. The van der Waals surface area contributed by atoms with Crippen molar-refractivity contribution in [1.82, 2.24) is 10.2 Å². The highest BCUT2D eigenvalue weighted by Gasteiger charge is 2.38. The molecule has 4 nitrogen and oxygen atoms in total. The summed E-state index contributed by atoms with van der Waals surface area (Å²) in [5, 5.41) is 3.24. The first-order valence-electron chi connectivity index (χ1n) is 7.24. The van der Waals surface area contributed by atoms with Crippen LogP contribution in [0.5, 0.6) is 0 Å². The van der Waals surface area contributed by atoms with E-state index in [0.717, 1.165) is 56.8 Å². The molecule has 0 saturated carbocycles. The maximum absolute atomic E-state index is 11.7. The lowest BCUT2D eigenvalue weighted by Crippen LogP contribution is -2.60. The highest BCUT2D eigenvalue weighted by molar-refractivity contribution is 5.77. The average Bonchev–Trinajstić information content (AvgIpc) is 2.74. The summed E-state index contributed by atoms with van der Waals surface area (Å²) in [6, 6.07) is 4.06. The van der Waals surface area contributed by atoms with Crippen molar-refractivity contribution in [3.8, 4) is 0 Å². The predicted octanol–water partition coefficient (Wildman–Crippen LogP) is 2.22. The van der Waals surface area contributed by atoms with E-state index in [0.29, 0.717) is 6.42 Å². The first-order chi connectivity index (χ1) is 9.15. The third kappa shape index (κ3) is 2.84. The number of piperidine rings is 2. The van der Waals surface area contributed by atoms with Crippen LogP contribution in [0.3, 0.4) is 0 Å². The normalized spacial score (nSPS) is 28.6. The Morgan fingerprint density at radius 1 is 1.37 bits per heavy atom. The number of nitrogens with one attached hydrogen (secondary N) is 1. The number of likely N-dealkylation sites (tertiary alicyclic amines) is 1. The Labute approximate surface area is 114 Å². The highest BCUT2D eigenvalue weighted by atomic mass is 16.3. The van der Waals surface area contributed by atoms with Crippen molar-refractivity contribution >= 4 is 5.91 Å². The molecule has 19 heavy (non-hydrogen) atoms. The first-order valence-corrected chi connectivity index (χ1v) is 7.24. The van der Waals surface area contributed by atoms with Crippen LogP contribution < -0.4 is 5.32 Å². The molecule has 1 aromatic heterocycles. The van der Waals surface area contributed by atoms with E-state index in [1.54, 1.807) is 0 Å². The van der Waals surface area contributed by atoms with E-state index in [4.69, 9.17) is 4.42 Å². The Bertz CT molecular complexity index is 464. The molecule has 2 aliphatic heterocycles. The van der Waals surface area contributed by atoms with Crippen LogP contribution >= 0.6 is 0 Å². The molecule has 1 aromatic rings. The predicted molar refractivity (Wildman–Crippen MR) is 72.7 cm³/mol. The van der Waals surface area contributed by atoms with Gasteiger partial charge in [0.1, 0.15) is 11.5 Å². The Hall–Kier alpha value is -1.29. The van der Waals surface area contributed by atoms with Gasteiger partial charge in [0.15, 0.2) is 0 Å². The number of carbonyl (C=O) groups excluding carboxylic acids is 1. The zero-order valence-electron chi connectivity index (χ0n) is 11.6. The van der Waals surface area contributed by atoms with Crippen LogP contribution in [0.2, 0.25) is 0 Å². The van der Waals surface area contributed by atoms with Gasteiger partial charge in [-0.25, -0.2) is 0 Å². The molecule has 1 spiro atoms. The van der Waals surface area contributed by atoms with E-state index in [9.17, 15) is 4.79 Å². The third-order valence-electron chi connectivity index (χ3n) is 4.30. The van der Waals surface area contributed by atoms with Gasteiger partial charge in [-0.1, -0.05) is 0 Å². The number of hydrogen-bond donors (Lipinski definition) is 1. The van der Waals surface area contributed by atoms with Crippen LogP contribution in [0.4, 0.5) is 0 Å². The van der Waals surface area contributed by atoms with Gasteiger partial charge in [-0.15, -0.1) is 0 Å². The fourth-order valence-corrected chi connectivity index (χ4v) is 3.47. The first kappa shape index (κ1) is 12.7. The van der Waals surface area contributed by atoms with Gasteiger partial charge < -0.3 is 9.73 Å². The number of rotatable bonds is 2. The van der Waals surface area contributed by atoms with Crippen molar-refractivity contribution in [1.29, 1.82) is 0 Å². The average molecular weight is 262 g/mol. The van der Waals surface area contributed by atoms with E-state index < -0.39 is 0 Å². The third-order valence-corrected chi connectivity index (χ3v) is 4.30. The molecule has 0 bridgehead atoms. The Kier molecular flexibility index (Phi) is 3.35. The van der Waals surface area contributed by atoms with Gasteiger partial charge >= 0.3 is 0 Å². The second kappa shape index (κ2) is 5.00. The molecule has 2 saturated heterocycles. The van der Waals surface area contributed by atoms with Gasteiger partial charge in [-0.05, 0) is 51.3 Å². The quantitative estimate of drug-likeness (QED) is 0.889. The van der Waals surface area contributed by atoms with Gasteiger partial charge in [-0.3, -0.25) is 9.69 Å². The molecule has 0 radical (unpaired) electrons. The smallest absolute Gasteiger partial charge is 0.220 e. The Morgan fingerprint density at radius 2 is 2.21 bits per heavy atom. The van der Waals surface area contributed by atoms with Crippen LogP contribution in [0, 0.1) is 6.92 Å². The van der Waals surface area contributed by atoms with Crippen molar-refractivity contribution < 1.29 is 9.21 Å². The lowest BCUT2D eigenvalue weighted by Gasteiger charge is -2.45. The molecule has 1 atom stereocenters. The molecular formula is C15H22N2O2. The lowest BCUT2D eigenvalue weighted by atomic mass is 9.81. The molecule has 0 aliphatic carbocycles. The second-order valence-corrected chi connectivity index (χ2v) is 6.01. The molecule has 3 heterocycles. The number of furan rings is 1. The molecule has 2 fully saturated rings. The van der Waals surface area contributed by atoms with E-state index in [2.05, 4.69) is 16.3 Å². The maximum Gasteiger partial charge on any atom is 0.220 e. The topological polar surface area (TPSA) is 45.5 Å². The standard InChI is InChI=1S/C15H22N2O2/c1-12-5-6-13(19-12)10-17-9-3-8-15(11-17)7-2-4-14(18)16-15/h5-6H,2-4,7-11H2,1H3,(H,16,18)/t15-/m0/s1. The molecule has 104 valence electrons. The van der Waals surface area contributed by atoms with Crippen LogP contribution in [0.1, 0.15) is 43.6 Å². The Morgan fingerprint density at radius 3 is 2.95 bits per heavy atom. The fourth-order valence-electron chi connectivity index (χ4n) is 3.47. The van der Waals surface area contributed by atoms with Crippen molar-refractivity contribution in [2.24, 2.45) is 0 Å². The van der Waals surface area contributed by atoms with Crippen molar-refractivity contribution in [2.45, 2.75) is 51.1 Å². The summed E-state index contributed by atoms with van der Waals surface area (Å²) in [5.41, 5.74) is 0.0230. The summed E-state index contributed by atoms with van der Waals surface area (Å²) in [6.07, 6.45) is 5.11. The second-order valence-electron chi connectivity index (χ2n) is 6.01. The number of carbonyl (C=O) groups is 1. The number of amides is 1. The fraction of sp³-hybridized carbons (Fsp3) is 0.667. The molecular weight excluding hydrogens is 240 g/mol. The van der Waals surface area contributed by atoms with Gasteiger partial charge in [0.2, 0.25) is 5.91 Å². The summed E-state index contributed by atoms with van der Waals surface area (Å²) in [5.74, 6) is 2.21. The van der Waals surface area contributed by atoms with Gasteiger partial charge in [-0.2, -0.15) is 0 Å². The van der Waals surface area contributed by atoms with Crippen molar-refractivity contribution in [3.63, 3.8) is 0 Å². The van der Waals surface area contributed by atoms with Gasteiger partial charge in [0.05, 0.1) is 12.1 Å². The SMILES string of the molecule is Cc1ccc(CN2CCC[C@@]3(CCCC(=O)N3)C2)o1. The van der Waals surface area contributed by atoms with Crippen LogP contribution in [-0.4, -0.2) is 29.4 Å². The number of nitrogens with zero attached hydrogens (tertiary/aromatic N) is 1. The molecule has 3 rings (SSSR count). The van der Waals surface area contributed by atoms with Crippen LogP contribution in [0.25, 0.3) is 0 Å². The van der Waals surface area contributed by atoms with Crippen molar-refractivity contribution in [3.05, 3.63) is 23.7 Å². The Balaban J connectivity index is 1.66. The zero-order valence-corrected chi connectivity index (χ0v) is 11.6. The molecule has 1 N–H and O–H groups in total. The van der Waals surface area contributed by atoms with Gasteiger partial charge in [0.25, 0.3) is 0 Å². The lowest BCUT2D eigenvalue weighted by molar-refractivity contribution is -0.126. The molecule has 2 aliphatic rings. The van der Waals surface area contributed by atoms with E-state index in [1.807, 2.05) is 13.0 Å². The summed E-state index contributed by atoms with van der Waals surface area (Å²) in [7, 11) is 0. The van der Waals surface area contributed by atoms with E-state index in [-0.39, 0.29) is 11.4 Å². The minimum absolute atomic E-state index is 0.0230. The molecule has 0 aromatic carbocycles. The molecule has 1 amide bonds. The van der Waals surface area contributed by atoms with Gasteiger partial charge in [0, 0.05) is 13.0 Å². The van der Waals surface area contributed by atoms with E-state index >= 15 is 0 Å². The zero-order chi connectivity index (χ0) is 13.3. The summed E-state index contributed by atoms with van der Waals surface area (Å²) >= 11 is 0.